The van der Waals surface area contributed by atoms with Crippen molar-refractivity contribution in [3.63, 3.8) is 0 Å². The molecular weight excluding hydrogens is 257 g/mol. The Kier molecular flexibility index (Phi) is 4.69. The first-order valence-electron chi connectivity index (χ1n) is 5.90. The second-order valence-corrected chi connectivity index (χ2v) is 5.24. The zero-order valence-electron chi connectivity index (χ0n) is 9.88. The van der Waals surface area contributed by atoms with Crippen LogP contribution in [0.2, 0.25) is 10.0 Å². The highest BCUT2D eigenvalue weighted by Crippen LogP contribution is 2.29. The molecule has 17 heavy (non-hydrogen) atoms. The van der Waals surface area contributed by atoms with Crippen LogP contribution in [0.3, 0.4) is 0 Å². The molecule has 2 rings (SSSR count). The molecule has 1 heterocycles. The Morgan fingerprint density at radius 1 is 1.35 bits per heavy atom. The summed E-state index contributed by atoms with van der Waals surface area (Å²) in [5, 5.41) is 4.84. The van der Waals surface area contributed by atoms with Gasteiger partial charge >= 0.3 is 0 Å². The lowest BCUT2D eigenvalue weighted by molar-refractivity contribution is 0.0342. The van der Waals surface area contributed by atoms with Crippen molar-refractivity contribution >= 4 is 23.2 Å². The van der Waals surface area contributed by atoms with E-state index in [1.165, 1.54) is 0 Å². The van der Waals surface area contributed by atoms with Crippen molar-refractivity contribution in [2.45, 2.75) is 18.9 Å². The quantitative estimate of drug-likeness (QED) is 0.914. The molecule has 0 aliphatic carbocycles. The summed E-state index contributed by atoms with van der Waals surface area (Å²) in [6.07, 6.45) is 1.91. The lowest BCUT2D eigenvalue weighted by Crippen LogP contribution is -2.42. The van der Waals surface area contributed by atoms with Crippen LogP contribution in [0.15, 0.2) is 18.2 Å². The fraction of sp³-hybridized carbons (Fsp3) is 0.538. The Balaban J connectivity index is 2.13. The Morgan fingerprint density at radius 2 is 2.06 bits per heavy atom. The van der Waals surface area contributed by atoms with Crippen molar-refractivity contribution in [1.82, 2.24) is 5.32 Å². The minimum absolute atomic E-state index is 0.436. The van der Waals surface area contributed by atoms with Crippen molar-refractivity contribution < 1.29 is 4.74 Å². The molecule has 0 amide bonds. The Hall–Kier alpha value is -0.280. The van der Waals surface area contributed by atoms with Crippen LogP contribution in [0.1, 0.15) is 12.0 Å². The molecule has 4 heteroatoms. The molecule has 0 radical (unpaired) electrons. The van der Waals surface area contributed by atoms with Crippen LogP contribution in [0.5, 0.6) is 0 Å². The van der Waals surface area contributed by atoms with E-state index < -0.39 is 0 Å². The van der Waals surface area contributed by atoms with Crippen molar-refractivity contribution in [1.29, 1.82) is 0 Å². The maximum absolute atomic E-state index is 6.19. The fourth-order valence-electron chi connectivity index (χ4n) is 2.37. The second-order valence-electron chi connectivity index (χ2n) is 4.42. The predicted octanol–water partition coefficient (Wildman–Crippen LogP) is 3.16. The first-order chi connectivity index (χ1) is 8.22. The molecule has 0 unspecified atom stereocenters. The highest BCUT2D eigenvalue weighted by molar-refractivity contribution is 6.35. The van der Waals surface area contributed by atoms with E-state index in [9.17, 15) is 0 Å². The Bertz CT molecular complexity index is 363. The normalized spacial score (nSPS) is 24.9. The first-order valence-corrected chi connectivity index (χ1v) is 6.66. The van der Waals surface area contributed by atoms with Crippen molar-refractivity contribution in [2.75, 3.05) is 20.3 Å². The molecule has 1 N–H and O–H groups in total. The van der Waals surface area contributed by atoms with Crippen LogP contribution >= 0.6 is 23.2 Å². The molecule has 1 fully saturated rings. The molecule has 0 bridgehead atoms. The smallest absolute Gasteiger partial charge is 0.0512 e. The van der Waals surface area contributed by atoms with E-state index in [2.05, 4.69) is 5.32 Å². The van der Waals surface area contributed by atoms with Crippen molar-refractivity contribution in [3.8, 4) is 0 Å². The van der Waals surface area contributed by atoms with E-state index in [0.717, 1.165) is 41.7 Å². The summed E-state index contributed by atoms with van der Waals surface area (Å²) in [7, 11) is 2.00. The molecular formula is C13H17Cl2NO. The van der Waals surface area contributed by atoms with E-state index in [-0.39, 0.29) is 0 Å². The average molecular weight is 274 g/mol. The summed E-state index contributed by atoms with van der Waals surface area (Å²) in [5.74, 6) is 0.436. The van der Waals surface area contributed by atoms with Gasteiger partial charge in [-0.1, -0.05) is 29.3 Å². The molecule has 0 spiro atoms. The van der Waals surface area contributed by atoms with Gasteiger partial charge in [0.1, 0.15) is 0 Å². The predicted molar refractivity (Wildman–Crippen MR) is 71.9 cm³/mol. The van der Waals surface area contributed by atoms with Gasteiger partial charge in [0.05, 0.1) is 6.61 Å². The largest absolute Gasteiger partial charge is 0.381 e. The SMILES string of the molecule is CN[C@H]1CCOC[C@H]1Cc1c(Cl)cccc1Cl. The molecule has 94 valence electrons. The zero-order valence-corrected chi connectivity index (χ0v) is 11.4. The number of halogens is 2. The van der Waals surface area contributed by atoms with Crippen molar-refractivity contribution in [2.24, 2.45) is 5.92 Å². The summed E-state index contributed by atoms with van der Waals surface area (Å²) in [5.41, 5.74) is 1.03. The van der Waals surface area contributed by atoms with E-state index in [0.29, 0.717) is 12.0 Å². The number of ether oxygens (including phenoxy) is 1. The van der Waals surface area contributed by atoms with Gasteiger partial charge in [0.2, 0.25) is 0 Å². The summed E-state index contributed by atoms with van der Waals surface area (Å²) in [4.78, 5) is 0. The van der Waals surface area contributed by atoms with E-state index >= 15 is 0 Å². The van der Waals surface area contributed by atoms with Crippen molar-refractivity contribution in [3.05, 3.63) is 33.8 Å². The molecule has 1 aliphatic heterocycles. The standard InChI is InChI=1S/C13H17Cl2NO/c1-16-13-5-6-17-8-9(13)7-10-11(14)3-2-4-12(10)15/h2-4,9,13,16H,5-8H2,1H3/t9-,13+/m1/s1. The highest BCUT2D eigenvalue weighted by Gasteiger charge is 2.25. The first kappa shape index (κ1) is 13.2. The van der Waals surface area contributed by atoms with Crippen LogP contribution in [0, 0.1) is 5.92 Å². The maximum Gasteiger partial charge on any atom is 0.0512 e. The third-order valence-electron chi connectivity index (χ3n) is 3.37. The molecule has 1 aromatic carbocycles. The molecule has 1 saturated heterocycles. The lowest BCUT2D eigenvalue weighted by Gasteiger charge is -2.31. The summed E-state index contributed by atoms with van der Waals surface area (Å²) < 4.78 is 5.54. The number of rotatable bonds is 3. The van der Waals surface area contributed by atoms with Crippen LogP contribution < -0.4 is 5.32 Å². The highest BCUT2D eigenvalue weighted by atomic mass is 35.5. The fourth-order valence-corrected chi connectivity index (χ4v) is 2.92. The van der Waals surface area contributed by atoms with Gasteiger partial charge in [-0.15, -0.1) is 0 Å². The number of nitrogens with one attached hydrogen (secondary N) is 1. The van der Waals surface area contributed by atoms with E-state index in [1.54, 1.807) is 0 Å². The van der Waals surface area contributed by atoms with E-state index in [4.69, 9.17) is 27.9 Å². The molecule has 2 atom stereocenters. The van der Waals surface area contributed by atoms with Gasteiger partial charge in [-0.2, -0.15) is 0 Å². The van der Waals surface area contributed by atoms with Gasteiger partial charge in [-0.3, -0.25) is 0 Å². The number of benzene rings is 1. The topological polar surface area (TPSA) is 21.3 Å². The summed E-state index contributed by atoms with van der Waals surface area (Å²) in [6, 6.07) is 6.14. The van der Waals surface area contributed by atoms with Gasteiger partial charge in [0.15, 0.2) is 0 Å². The Morgan fingerprint density at radius 3 is 2.71 bits per heavy atom. The number of hydrogen-bond acceptors (Lipinski definition) is 2. The number of hydrogen-bond donors (Lipinski definition) is 1. The van der Waals surface area contributed by atoms with Crippen LogP contribution in [-0.2, 0) is 11.2 Å². The van der Waals surface area contributed by atoms with Crippen LogP contribution in [0.4, 0.5) is 0 Å². The minimum atomic E-state index is 0.436. The third-order valence-corrected chi connectivity index (χ3v) is 4.08. The molecule has 2 nitrogen and oxygen atoms in total. The molecule has 0 saturated carbocycles. The van der Waals surface area contributed by atoms with Gasteiger partial charge < -0.3 is 10.1 Å². The van der Waals surface area contributed by atoms with Crippen LogP contribution in [0.25, 0.3) is 0 Å². The molecule has 0 aromatic heterocycles. The summed E-state index contributed by atoms with van der Waals surface area (Å²) >= 11 is 12.4. The van der Waals surface area contributed by atoms with E-state index in [1.807, 2.05) is 25.2 Å². The maximum atomic E-state index is 6.19. The van der Waals surface area contributed by atoms with Gasteiger partial charge in [0.25, 0.3) is 0 Å². The average Bonchev–Trinajstić information content (AvgIpc) is 2.34. The molecule has 1 aliphatic rings. The third kappa shape index (κ3) is 3.14. The monoisotopic (exact) mass is 273 g/mol. The second kappa shape index (κ2) is 6.05. The summed E-state index contributed by atoms with van der Waals surface area (Å²) in [6.45, 7) is 1.60. The minimum Gasteiger partial charge on any atom is -0.381 e. The molecule has 1 aromatic rings. The zero-order chi connectivity index (χ0) is 12.3. The van der Waals surface area contributed by atoms with Gasteiger partial charge in [-0.05, 0) is 37.6 Å². The lowest BCUT2D eigenvalue weighted by atomic mass is 9.89. The van der Waals surface area contributed by atoms with Gasteiger partial charge in [0, 0.05) is 28.6 Å². The van der Waals surface area contributed by atoms with Crippen LogP contribution in [-0.4, -0.2) is 26.3 Å². The van der Waals surface area contributed by atoms with Gasteiger partial charge in [-0.25, -0.2) is 0 Å². The Labute approximate surface area is 112 Å².